The zero-order valence-corrected chi connectivity index (χ0v) is 10.4. The Morgan fingerprint density at radius 1 is 1.41 bits per heavy atom. The Bertz CT molecular complexity index is 479. The van der Waals surface area contributed by atoms with E-state index < -0.39 is 0 Å². The second-order valence-corrected chi connectivity index (χ2v) is 4.19. The van der Waals surface area contributed by atoms with Crippen molar-refractivity contribution in [1.29, 1.82) is 0 Å². The summed E-state index contributed by atoms with van der Waals surface area (Å²) in [6, 6.07) is 6.17. The molecule has 0 saturated heterocycles. The molecule has 1 N–H and O–H groups in total. The molecule has 17 heavy (non-hydrogen) atoms. The summed E-state index contributed by atoms with van der Waals surface area (Å²) in [6.07, 6.45) is 1.68. The number of hydrogen-bond donors (Lipinski definition) is 1. The van der Waals surface area contributed by atoms with Crippen LogP contribution in [0.5, 0.6) is 0 Å². The molecule has 90 valence electrons. The topological polar surface area (TPSA) is 51.0 Å². The first-order valence-corrected chi connectivity index (χ1v) is 5.73. The number of hydrogen-bond acceptors (Lipinski definition) is 4. The Hall–Kier alpha value is -1.68. The summed E-state index contributed by atoms with van der Waals surface area (Å²) in [6.45, 7) is 6.78. The van der Waals surface area contributed by atoms with Crippen LogP contribution in [0.15, 0.2) is 28.8 Å². The standard InChI is InChI=1S/C13H17N3O/c1-9-7-13(11(3)17-9)10(2)14-8-12-5-4-6-15-16-12/h4-7,10,14H,8H2,1-3H3. The van der Waals surface area contributed by atoms with E-state index in [4.69, 9.17) is 4.42 Å². The quantitative estimate of drug-likeness (QED) is 0.878. The molecule has 0 aromatic carbocycles. The normalized spacial score (nSPS) is 12.6. The lowest BCUT2D eigenvalue weighted by atomic mass is 10.1. The van der Waals surface area contributed by atoms with Crippen molar-refractivity contribution in [2.45, 2.75) is 33.4 Å². The van der Waals surface area contributed by atoms with E-state index in [1.165, 1.54) is 5.56 Å². The predicted octanol–water partition coefficient (Wildman–Crippen LogP) is 2.54. The van der Waals surface area contributed by atoms with Gasteiger partial charge < -0.3 is 9.73 Å². The van der Waals surface area contributed by atoms with E-state index in [0.29, 0.717) is 6.54 Å². The summed E-state index contributed by atoms with van der Waals surface area (Å²) < 4.78 is 5.52. The third-order valence-corrected chi connectivity index (χ3v) is 2.76. The van der Waals surface area contributed by atoms with Crippen molar-refractivity contribution in [2.24, 2.45) is 0 Å². The van der Waals surface area contributed by atoms with Gasteiger partial charge in [-0.3, -0.25) is 0 Å². The van der Waals surface area contributed by atoms with Crippen LogP contribution in [-0.2, 0) is 6.54 Å². The molecule has 2 rings (SSSR count). The van der Waals surface area contributed by atoms with Gasteiger partial charge >= 0.3 is 0 Å². The van der Waals surface area contributed by atoms with Crippen LogP contribution < -0.4 is 5.32 Å². The molecule has 2 aromatic heterocycles. The van der Waals surface area contributed by atoms with Crippen molar-refractivity contribution >= 4 is 0 Å². The zero-order chi connectivity index (χ0) is 12.3. The van der Waals surface area contributed by atoms with Crippen molar-refractivity contribution in [3.63, 3.8) is 0 Å². The fraction of sp³-hybridized carbons (Fsp3) is 0.385. The van der Waals surface area contributed by atoms with Crippen molar-refractivity contribution in [3.05, 3.63) is 47.2 Å². The van der Waals surface area contributed by atoms with E-state index >= 15 is 0 Å². The maximum atomic E-state index is 5.52. The Morgan fingerprint density at radius 3 is 2.82 bits per heavy atom. The first-order chi connectivity index (χ1) is 8.16. The largest absolute Gasteiger partial charge is 0.466 e. The molecule has 4 nitrogen and oxygen atoms in total. The predicted molar refractivity (Wildman–Crippen MR) is 65.5 cm³/mol. The molecule has 0 aliphatic rings. The Balaban J connectivity index is 1.98. The SMILES string of the molecule is Cc1cc(C(C)NCc2cccnn2)c(C)o1. The fourth-order valence-electron chi connectivity index (χ4n) is 1.88. The molecule has 2 heterocycles. The molecule has 0 aliphatic heterocycles. The summed E-state index contributed by atoms with van der Waals surface area (Å²) in [5.74, 6) is 1.92. The maximum absolute atomic E-state index is 5.52. The smallest absolute Gasteiger partial charge is 0.105 e. The minimum absolute atomic E-state index is 0.245. The first kappa shape index (κ1) is 11.8. The van der Waals surface area contributed by atoms with Gasteiger partial charge in [-0.15, -0.1) is 0 Å². The minimum Gasteiger partial charge on any atom is -0.466 e. The van der Waals surface area contributed by atoms with Crippen molar-refractivity contribution < 1.29 is 4.42 Å². The molecule has 2 aromatic rings. The van der Waals surface area contributed by atoms with Gasteiger partial charge in [0.1, 0.15) is 11.5 Å². The first-order valence-electron chi connectivity index (χ1n) is 5.73. The minimum atomic E-state index is 0.245. The number of aryl methyl sites for hydroxylation is 2. The summed E-state index contributed by atoms with van der Waals surface area (Å²) in [5, 5.41) is 11.3. The van der Waals surface area contributed by atoms with Gasteiger partial charge in [-0.05, 0) is 39.0 Å². The van der Waals surface area contributed by atoms with E-state index in [1.807, 2.05) is 26.0 Å². The molecule has 0 radical (unpaired) electrons. The highest BCUT2D eigenvalue weighted by molar-refractivity contribution is 5.23. The van der Waals surface area contributed by atoms with Crippen LogP contribution >= 0.6 is 0 Å². The Morgan fingerprint density at radius 2 is 2.24 bits per heavy atom. The highest BCUT2D eigenvalue weighted by Crippen LogP contribution is 2.21. The van der Waals surface area contributed by atoms with Crippen LogP contribution in [0.1, 0.15) is 35.7 Å². The molecule has 0 fully saturated rings. The summed E-state index contributed by atoms with van der Waals surface area (Å²) in [7, 11) is 0. The van der Waals surface area contributed by atoms with Gasteiger partial charge in [0.15, 0.2) is 0 Å². The van der Waals surface area contributed by atoms with Gasteiger partial charge in [-0.1, -0.05) is 0 Å². The molecular weight excluding hydrogens is 214 g/mol. The van der Waals surface area contributed by atoms with E-state index in [0.717, 1.165) is 17.2 Å². The number of nitrogens with zero attached hydrogens (tertiary/aromatic N) is 2. The third-order valence-electron chi connectivity index (χ3n) is 2.76. The van der Waals surface area contributed by atoms with Crippen LogP contribution in [0.25, 0.3) is 0 Å². The van der Waals surface area contributed by atoms with E-state index in [2.05, 4.69) is 28.5 Å². The lowest BCUT2D eigenvalue weighted by Gasteiger charge is -2.12. The molecule has 4 heteroatoms. The second-order valence-electron chi connectivity index (χ2n) is 4.19. The summed E-state index contributed by atoms with van der Waals surface area (Å²) in [5.41, 5.74) is 2.14. The van der Waals surface area contributed by atoms with E-state index in [1.54, 1.807) is 6.20 Å². The molecule has 0 saturated carbocycles. The van der Waals surface area contributed by atoms with Gasteiger partial charge in [0.25, 0.3) is 0 Å². The lowest BCUT2D eigenvalue weighted by molar-refractivity contribution is 0.488. The number of nitrogens with one attached hydrogen (secondary N) is 1. The Kier molecular flexibility index (Phi) is 3.54. The molecule has 1 atom stereocenters. The third kappa shape index (κ3) is 2.91. The van der Waals surface area contributed by atoms with Crippen LogP contribution in [0.2, 0.25) is 0 Å². The highest BCUT2D eigenvalue weighted by Gasteiger charge is 2.12. The van der Waals surface area contributed by atoms with Crippen LogP contribution in [0.4, 0.5) is 0 Å². The Labute approximate surface area is 101 Å². The van der Waals surface area contributed by atoms with Crippen molar-refractivity contribution in [1.82, 2.24) is 15.5 Å². The molecule has 0 spiro atoms. The average molecular weight is 231 g/mol. The van der Waals surface area contributed by atoms with Gasteiger partial charge in [0.2, 0.25) is 0 Å². The van der Waals surface area contributed by atoms with Crippen LogP contribution in [0, 0.1) is 13.8 Å². The van der Waals surface area contributed by atoms with Crippen LogP contribution in [0.3, 0.4) is 0 Å². The maximum Gasteiger partial charge on any atom is 0.105 e. The lowest BCUT2D eigenvalue weighted by Crippen LogP contribution is -2.19. The second kappa shape index (κ2) is 5.10. The van der Waals surface area contributed by atoms with Crippen molar-refractivity contribution in [3.8, 4) is 0 Å². The van der Waals surface area contributed by atoms with Gasteiger partial charge in [-0.25, -0.2) is 0 Å². The monoisotopic (exact) mass is 231 g/mol. The molecular formula is C13H17N3O. The summed E-state index contributed by atoms with van der Waals surface area (Å²) >= 11 is 0. The average Bonchev–Trinajstić information content (AvgIpc) is 2.67. The fourth-order valence-corrected chi connectivity index (χ4v) is 1.88. The number of aromatic nitrogens is 2. The summed E-state index contributed by atoms with van der Waals surface area (Å²) in [4.78, 5) is 0. The number of rotatable bonds is 4. The van der Waals surface area contributed by atoms with Gasteiger partial charge in [0, 0.05) is 24.3 Å². The highest BCUT2D eigenvalue weighted by atomic mass is 16.3. The zero-order valence-electron chi connectivity index (χ0n) is 10.4. The molecule has 1 unspecified atom stereocenters. The van der Waals surface area contributed by atoms with E-state index in [-0.39, 0.29) is 6.04 Å². The molecule has 0 bridgehead atoms. The van der Waals surface area contributed by atoms with E-state index in [9.17, 15) is 0 Å². The molecule has 0 amide bonds. The van der Waals surface area contributed by atoms with Crippen LogP contribution in [-0.4, -0.2) is 10.2 Å². The van der Waals surface area contributed by atoms with Gasteiger partial charge in [0.05, 0.1) is 5.69 Å². The van der Waals surface area contributed by atoms with Crippen molar-refractivity contribution in [2.75, 3.05) is 0 Å². The van der Waals surface area contributed by atoms with Gasteiger partial charge in [-0.2, -0.15) is 10.2 Å². The molecule has 0 aliphatic carbocycles. The number of furan rings is 1.